The molecule has 1 aliphatic heterocycles. The molecular formula is C24H17F5N6. The van der Waals surface area contributed by atoms with Crippen molar-refractivity contribution in [2.45, 2.75) is 38.8 Å². The predicted octanol–water partition coefficient (Wildman–Crippen LogP) is 5.04. The summed E-state index contributed by atoms with van der Waals surface area (Å²) in [5, 5.41) is 8.03. The second-order valence-corrected chi connectivity index (χ2v) is 8.82. The third-order valence-electron chi connectivity index (χ3n) is 6.65. The minimum Gasteiger partial charge on any atom is -0.325 e. The summed E-state index contributed by atoms with van der Waals surface area (Å²) in [5.41, 5.74) is -0.133. The number of alkyl halides is 3. The minimum absolute atomic E-state index is 0.0246. The van der Waals surface area contributed by atoms with Gasteiger partial charge in [-0.1, -0.05) is 5.92 Å². The van der Waals surface area contributed by atoms with Crippen molar-refractivity contribution in [3.8, 4) is 11.8 Å². The Morgan fingerprint density at radius 2 is 1.89 bits per heavy atom. The van der Waals surface area contributed by atoms with Gasteiger partial charge in [0, 0.05) is 24.0 Å². The zero-order valence-electron chi connectivity index (χ0n) is 18.4. The minimum atomic E-state index is -4.39. The van der Waals surface area contributed by atoms with Crippen LogP contribution in [0.1, 0.15) is 36.3 Å². The molecule has 0 spiro atoms. The molecule has 1 aromatic carbocycles. The summed E-state index contributed by atoms with van der Waals surface area (Å²) >= 11 is 0. The van der Waals surface area contributed by atoms with Crippen molar-refractivity contribution in [1.82, 2.24) is 24.6 Å². The summed E-state index contributed by atoms with van der Waals surface area (Å²) in [6, 6.07) is 4.17. The Balaban J connectivity index is 1.54. The van der Waals surface area contributed by atoms with Crippen LogP contribution in [0.3, 0.4) is 0 Å². The lowest BCUT2D eigenvalue weighted by Gasteiger charge is -2.31. The maximum Gasteiger partial charge on any atom is 0.405 e. The maximum atomic E-state index is 15.2. The van der Waals surface area contributed by atoms with E-state index in [1.165, 1.54) is 12.3 Å². The zero-order chi connectivity index (χ0) is 24.5. The average molecular weight is 484 g/mol. The first-order valence-electron chi connectivity index (χ1n) is 11.0. The van der Waals surface area contributed by atoms with Crippen molar-refractivity contribution in [3.05, 3.63) is 53.1 Å². The number of benzene rings is 1. The fourth-order valence-corrected chi connectivity index (χ4v) is 4.62. The normalized spacial score (nSPS) is 16.8. The van der Waals surface area contributed by atoms with E-state index >= 15 is 4.39 Å². The van der Waals surface area contributed by atoms with E-state index in [9.17, 15) is 17.6 Å². The molecule has 178 valence electrons. The van der Waals surface area contributed by atoms with Crippen LogP contribution in [0.15, 0.2) is 24.4 Å². The number of hydrogen-bond acceptors (Lipinski definition) is 5. The molecule has 6 nitrogen and oxygen atoms in total. The van der Waals surface area contributed by atoms with E-state index in [2.05, 4.69) is 32.0 Å². The lowest BCUT2D eigenvalue weighted by Crippen LogP contribution is -2.27. The molecule has 0 amide bonds. The Kier molecular flexibility index (Phi) is 4.55. The van der Waals surface area contributed by atoms with Crippen LogP contribution in [0.25, 0.3) is 16.7 Å². The number of nitrogens with zero attached hydrogens (tertiary/aromatic N) is 6. The molecule has 0 saturated heterocycles. The van der Waals surface area contributed by atoms with Gasteiger partial charge in [-0.05, 0) is 56.7 Å². The Morgan fingerprint density at radius 1 is 1.09 bits per heavy atom. The summed E-state index contributed by atoms with van der Waals surface area (Å²) in [7, 11) is 0. The molecule has 11 heteroatoms. The molecule has 3 aromatic heterocycles. The Labute approximate surface area is 195 Å². The van der Waals surface area contributed by atoms with E-state index in [0.717, 1.165) is 6.07 Å². The van der Waals surface area contributed by atoms with Crippen molar-refractivity contribution < 1.29 is 22.0 Å². The van der Waals surface area contributed by atoms with Crippen LogP contribution in [0.4, 0.5) is 33.5 Å². The van der Waals surface area contributed by atoms with E-state index in [1.54, 1.807) is 22.3 Å². The Hall–Kier alpha value is -3.81. The number of fused-ring (bicyclic) bond motifs is 4. The Morgan fingerprint density at radius 3 is 2.63 bits per heavy atom. The molecule has 35 heavy (non-hydrogen) atoms. The summed E-state index contributed by atoms with van der Waals surface area (Å²) in [6.07, 6.45) is -1.87. The monoisotopic (exact) mass is 484 g/mol. The van der Waals surface area contributed by atoms with Gasteiger partial charge in [-0.3, -0.25) is 4.40 Å². The highest BCUT2D eigenvalue weighted by Crippen LogP contribution is 2.57. The van der Waals surface area contributed by atoms with Gasteiger partial charge in [-0.25, -0.2) is 13.8 Å². The fourth-order valence-electron chi connectivity index (χ4n) is 4.62. The lowest BCUT2D eigenvalue weighted by atomic mass is 9.99. The van der Waals surface area contributed by atoms with Crippen molar-refractivity contribution >= 4 is 28.2 Å². The van der Waals surface area contributed by atoms with Crippen LogP contribution >= 0.6 is 0 Å². The molecule has 1 saturated carbocycles. The molecule has 0 radical (unpaired) electrons. The van der Waals surface area contributed by atoms with Gasteiger partial charge in [-0.15, -0.1) is 10.2 Å². The molecule has 0 unspecified atom stereocenters. The standard InChI is InChI=1S/C24H17F5N6/c1-13-32-33-22-31-21(19-18(35(13)22)5-4-15(25)20(19)26)34-12-2-3-14-16(30-11-7-17(14)34)6-8-23(9-10-23)24(27,28)29/h4-5,7,11H,2-3,9-10,12H2,1H3. The van der Waals surface area contributed by atoms with Gasteiger partial charge in [0.25, 0.3) is 5.78 Å². The molecule has 0 atom stereocenters. The van der Waals surface area contributed by atoms with E-state index in [1.807, 2.05) is 0 Å². The van der Waals surface area contributed by atoms with Gasteiger partial charge in [0.05, 0.1) is 10.9 Å². The molecule has 1 aliphatic carbocycles. The summed E-state index contributed by atoms with van der Waals surface area (Å²) in [5.74, 6) is 3.82. The fraction of sp³-hybridized carbons (Fsp3) is 0.333. The molecular weight excluding hydrogens is 467 g/mol. The molecule has 2 aliphatic rings. The number of pyridine rings is 1. The number of rotatable bonds is 1. The molecule has 0 bridgehead atoms. The highest BCUT2D eigenvalue weighted by molar-refractivity contribution is 5.94. The van der Waals surface area contributed by atoms with E-state index in [0.29, 0.717) is 42.0 Å². The van der Waals surface area contributed by atoms with Crippen LogP contribution in [-0.2, 0) is 6.42 Å². The third kappa shape index (κ3) is 3.23. The van der Waals surface area contributed by atoms with Gasteiger partial charge in [0.1, 0.15) is 22.8 Å². The number of anilines is 2. The number of hydrogen-bond donors (Lipinski definition) is 0. The highest BCUT2D eigenvalue weighted by atomic mass is 19.4. The molecule has 4 heterocycles. The Bertz CT molecular complexity index is 1580. The summed E-state index contributed by atoms with van der Waals surface area (Å²) in [4.78, 5) is 10.5. The van der Waals surface area contributed by atoms with Crippen molar-refractivity contribution in [3.63, 3.8) is 0 Å². The van der Waals surface area contributed by atoms with E-state index < -0.39 is 23.2 Å². The number of aryl methyl sites for hydroxylation is 1. The van der Waals surface area contributed by atoms with Gasteiger partial charge in [0.15, 0.2) is 11.6 Å². The average Bonchev–Trinajstić information content (AvgIpc) is 3.56. The third-order valence-corrected chi connectivity index (χ3v) is 6.65. The number of aromatic nitrogens is 5. The van der Waals surface area contributed by atoms with Crippen LogP contribution in [0.5, 0.6) is 0 Å². The van der Waals surface area contributed by atoms with Crippen LogP contribution in [0, 0.1) is 35.8 Å². The van der Waals surface area contributed by atoms with Gasteiger partial charge >= 0.3 is 6.18 Å². The molecule has 0 N–H and O–H groups in total. The SMILES string of the molecule is Cc1nnc2nc(N3CCCc4c3ccnc4C#CC3(C(F)(F)F)CC3)c3c(F)c(F)ccc3n12. The van der Waals surface area contributed by atoms with Gasteiger partial charge in [-0.2, -0.15) is 18.2 Å². The van der Waals surface area contributed by atoms with Crippen LogP contribution in [0.2, 0.25) is 0 Å². The second-order valence-electron chi connectivity index (χ2n) is 8.82. The topological polar surface area (TPSA) is 59.2 Å². The van der Waals surface area contributed by atoms with Gasteiger partial charge < -0.3 is 4.90 Å². The smallest absolute Gasteiger partial charge is 0.325 e. The van der Waals surface area contributed by atoms with E-state index in [4.69, 9.17) is 0 Å². The van der Waals surface area contributed by atoms with Crippen molar-refractivity contribution in [1.29, 1.82) is 0 Å². The molecule has 6 rings (SSSR count). The van der Waals surface area contributed by atoms with Crippen molar-refractivity contribution in [2.24, 2.45) is 5.41 Å². The first-order chi connectivity index (χ1) is 16.7. The first kappa shape index (κ1) is 21.7. The number of halogens is 5. The van der Waals surface area contributed by atoms with Gasteiger partial charge in [0.2, 0.25) is 0 Å². The van der Waals surface area contributed by atoms with Crippen molar-refractivity contribution in [2.75, 3.05) is 11.4 Å². The highest BCUT2D eigenvalue weighted by Gasteiger charge is 2.62. The maximum absolute atomic E-state index is 15.2. The summed E-state index contributed by atoms with van der Waals surface area (Å²) < 4.78 is 71.1. The zero-order valence-corrected chi connectivity index (χ0v) is 18.4. The van der Waals surface area contributed by atoms with Crippen LogP contribution < -0.4 is 4.90 Å². The second kappa shape index (κ2) is 7.34. The first-order valence-corrected chi connectivity index (χ1v) is 11.0. The summed E-state index contributed by atoms with van der Waals surface area (Å²) in [6.45, 7) is 2.11. The predicted molar refractivity (Wildman–Crippen MR) is 117 cm³/mol. The molecule has 1 fully saturated rings. The van der Waals surface area contributed by atoms with E-state index in [-0.39, 0.29) is 35.5 Å². The largest absolute Gasteiger partial charge is 0.405 e. The quantitative estimate of drug-likeness (QED) is 0.280. The van der Waals surface area contributed by atoms with Crippen LogP contribution in [-0.4, -0.2) is 37.3 Å². The molecule has 4 aromatic rings. The lowest BCUT2D eigenvalue weighted by molar-refractivity contribution is -0.168.